The Balaban J connectivity index is 1.17. The lowest BCUT2D eigenvalue weighted by atomic mass is 10.0. The summed E-state index contributed by atoms with van der Waals surface area (Å²) in [5.41, 5.74) is 1.44. The number of ether oxygens (including phenoxy) is 4. The molecule has 0 saturated carbocycles. The number of aliphatic hydroxyl groups is 1. The lowest BCUT2D eigenvalue weighted by Crippen LogP contribution is -2.45. The Morgan fingerprint density at radius 3 is 2.85 bits per heavy atom. The van der Waals surface area contributed by atoms with Crippen LogP contribution in [0, 0.1) is 0 Å². The highest BCUT2D eigenvalue weighted by atomic mass is 16.6. The molecule has 0 aromatic carbocycles. The highest BCUT2D eigenvalue weighted by molar-refractivity contribution is 5.70. The van der Waals surface area contributed by atoms with E-state index in [0.29, 0.717) is 61.3 Å². The zero-order chi connectivity index (χ0) is 23.5. The number of pyridine rings is 2. The zero-order valence-corrected chi connectivity index (χ0v) is 18.8. The summed E-state index contributed by atoms with van der Waals surface area (Å²) in [5, 5.41) is 14.3. The minimum Gasteiger partial charge on any atom is -0.486 e. The maximum Gasteiger partial charge on any atom is 0.270 e. The van der Waals surface area contributed by atoms with Crippen LogP contribution in [0.2, 0.25) is 0 Å². The van der Waals surface area contributed by atoms with Crippen LogP contribution >= 0.6 is 0 Å². The molecule has 0 radical (unpaired) electrons. The molecule has 0 amide bonds. The first-order valence-electron chi connectivity index (χ1n) is 11.3. The predicted molar refractivity (Wildman–Crippen MR) is 121 cm³/mol. The van der Waals surface area contributed by atoms with Crippen molar-refractivity contribution in [2.24, 2.45) is 0 Å². The molecule has 0 spiro atoms. The van der Waals surface area contributed by atoms with Gasteiger partial charge in [0.15, 0.2) is 17.1 Å². The van der Waals surface area contributed by atoms with Gasteiger partial charge in [0.05, 0.1) is 50.6 Å². The molecule has 1 fully saturated rings. The fourth-order valence-electron chi connectivity index (χ4n) is 4.19. The quantitative estimate of drug-likeness (QED) is 0.509. The molecule has 0 aliphatic carbocycles. The van der Waals surface area contributed by atoms with E-state index in [2.05, 4.69) is 20.3 Å². The monoisotopic (exact) mass is 469 g/mol. The average Bonchev–Trinajstić information content (AvgIpc) is 2.89. The number of aromatic nitrogens is 4. The normalized spacial score (nSPS) is 20.8. The van der Waals surface area contributed by atoms with E-state index in [0.717, 1.165) is 12.1 Å². The molecule has 11 heteroatoms. The summed E-state index contributed by atoms with van der Waals surface area (Å²) in [6.07, 6.45) is 3.15. The smallest absolute Gasteiger partial charge is 0.270 e. The van der Waals surface area contributed by atoms with Crippen LogP contribution in [0.4, 0.5) is 0 Å². The summed E-state index contributed by atoms with van der Waals surface area (Å²) in [6, 6.07) is 5.43. The van der Waals surface area contributed by atoms with E-state index in [-0.39, 0.29) is 24.2 Å². The van der Waals surface area contributed by atoms with Crippen LogP contribution in [-0.2, 0) is 17.8 Å². The van der Waals surface area contributed by atoms with Crippen molar-refractivity contribution in [3.05, 3.63) is 46.6 Å². The number of nitrogens with zero attached hydrogens (tertiary/aromatic N) is 4. The molecule has 0 bridgehead atoms. The van der Waals surface area contributed by atoms with Gasteiger partial charge in [-0.25, -0.2) is 4.98 Å². The van der Waals surface area contributed by atoms with Crippen LogP contribution in [0.1, 0.15) is 18.5 Å². The third kappa shape index (κ3) is 4.81. The topological polar surface area (TPSA) is 130 Å². The van der Waals surface area contributed by atoms with E-state index in [1.54, 1.807) is 18.3 Å². The zero-order valence-electron chi connectivity index (χ0n) is 18.8. The summed E-state index contributed by atoms with van der Waals surface area (Å²) in [4.78, 5) is 25.3. The molecular formula is C23H27N5O6. The number of hydrogen-bond acceptors (Lipinski definition) is 10. The molecule has 34 heavy (non-hydrogen) atoms. The van der Waals surface area contributed by atoms with Gasteiger partial charge in [-0.15, -0.1) is 0 Å². The fraction of sp³-hybridized carbons (Fsp3) is 0.478. The average molecular weight is 469 g/mol. The van der Waals surface area contributed by atoms with E-state index in [4.69, 9.17) is 18.9 Å². The third-order valence-electron chi connectivity index (χ3n) is 6.04. The van der Waals surface area contributed by atoms with E-state index in [1.807, 2.05) is 6.07 Å². The number of hydrogen-bond donors (Lipinski definition) is 2. The van der Waals surface area contributed by atoms with E-state index < -0.39 is 6.10 Å². The largest absolute Gasteiger partial charge is 0.486 e. The highest BCUT2D eigenvalue weighted by Crippen LogP contribution is 2.29. The number of fused-ring (bicyclic) bond motifs is 2. The van der Waals surface area contributed by atoms with Crippen LogP contribution in [-0.4, -0.2) is 69.8 Å². The molecule has 3 atom stereocenters. The van der Waals surface area contributed by atoms with E-state index >= 15 is 0 Å². The van der Waals surface area contributed by atoms with Crippen molar-refractivity contribution < 1.29 is 24.1 Å². The van der Waals surface area contributed by atoms with Crippen molar-refractivity contribution in [1.29, 1.82) is 0 Å². The predicted octanol–water partition coefficient (Wildman–Crippen LogP) is 0.665. The van der Waals surface area contributed by atoms with Gasteiger partial charge in [0.25, 0.3) is 5.56 Å². The van der Waals surface area contributed by atoms with Gasteiger partial charge in [0.2, 0.25) is 5.88 Å². The fourth-order valence-corrected chi connectivity index (χ4v) is 4.19. The molecule has 0 unspecified atom stereocenters. The lowest BCUT2D eigenvalue weighted by molar-refractivity contribution is -0.0771. The van der Waals surface area contributed by atoms with Crippen LogP contribution in [0.15, 0.2) is 35.4 Å². The minimum atomic E-state index is -0.864. The van der Waals surface area contributed by atoms with Crippen LogP contribution in [0.3, 0.4) is 0 Å². The molecule has 3 aromatic rings. The highest BCUT2D eigenvalue weighted by Gasteiger charge is 2.28. The van der Waals surface area contributed by atoms with Gasteiger partial charge in [0, 0.05) is 24.7 Å². The Kier molecular flexibility index (Phi) is 6.57. The Hall–Kier alpha value is -3.28. The van der Waals surface area contributed by atoms with Crippen LogP contribution in [0.5, 0.6) is 17.4 Å². The van der Waals surface area contributed by atoms with Crippen molar-refractivity contribution >= 4 is 11.2 Å². The molecular weight excluding hydrogens is 442 g/mol. The first-order chi connectivity index (χ1) is 16.6. The standard InChI is InChI=1S/C23H27N5O6/c1-31-21-5-3-16-23(27-21)28(22(30)11-26-16)12-17(29)18-4-2-14(13-34-18)24-9-15-8-19-20(10-25-15)33-7-6-32-19/h3,5,8,10-11,14,17-18,24,29H,2,4,6-7,9,12-13H2,1H3/t14-,17+,18+/m1/s1. The Morgan fingerprint density at radius 2 is 2.06 bits per heavy atom. The maximum absolute atomic E-state index is 12.4. The number of rotatable bonds is 7. The second-order valence-corrected chi connectivity index (χ2v) is 8.32. The molecule has 1 saturated heterocycles. The number of aliphatic hydroxyl groups excluding tert-OH is 1. The van der Waals surface area contributed by atoms with Gasteiger partial charge in [0.1, 0.15) is 18.7 Å². The summed E-state index contributed by atoms with van der Waals surface area (Å²) < 4.78 is 23.6. The Labute approximate surface area is 195 Å². The molecule has 2 aliphatic rings. The van der Waals surface area contributed by atoms with Gasteiger partial charge in [-0.2, -0.15) is 4.98 Å². The summed E-state index contributed by atoms with van der Waals surface area (Å²) in [5.74, 6) is 1.76. The Bertz CT molecular complexity index is 1210. The van der Waals surface area contributed by atoms with Gasteiger partial charge in [-0.1, -0.05) is 0 Å². The summed E-state index contributed by atoms with van der Waals surface area (Å²) in [6.45, 7) is 2.15. The SMILES string of the molecule is COc1ccc2ncc(=O)n(C[C@H](O)[C@@H]3CC[C@@H](NCc4cc5c(cn4)OCCO5)CO3)c2n1. The van der Waals surface area contributed by atoms with Crippen molar-refractivity contribution in [2.75, 3.05) is 26.9 Å². The second-order valence-electron chi connectivity index (χ2n) is 8.32. The van der Waals surface area contributed by atoms with Crippen molar-refractivity contribution in [3.8, 4) is 17.4 Å². The van der Waals surface area contributed by atoms with Crippen LogP contribution < -0.4 is 25.1 Å². The van der Waals surface area contributed by atoms with Crippen LogP contribution in [0.25, 0.3) is 11.2 Å². The molecule has 180 valence electrons. The minimum absolute atomic E-state index is 0.0574. The Morgan fingerprint density at radius 1 is 1.21 bits per heavy atom. The van der Waals surface area contributed by atoms with Gasteiger partial charge >= 0.3 is 0 Å². The lowest BCUT2D eigenvalue weighted by Gasteiger charge is -2.32. The third-order valence-corrected chi connectivity index (χ3v) is 6.04. The molecule has 11 nitrogen and oxygen atoms in total. The van der Waals surface area contributed by atoms with Crippen molar-refractivity contribution in [3.63, 3.8) is 0 Å². The van der Waals surface area contributed by atoms with Gasteiger partial charge < -0.3 is 29.4 Å². The van der Waals surface area contributed by atoms with E-state index in [9.17, 15) is 9.90 Å². The van der Waals surface area contributed by atoms with E-state index in [1.165, 1.54) is 17.9 Å². The molecule has 5 heterocycles. The molecule has 3 aromatic heterocycles. The van der Waals surface area contributed by atoms with Gasteiger partial charge in [-0.3, -0.25) is 14.3 Å². The second kappa shape index (κ2) is 9.92. The molecule has 2 aliphatic heterocycles. The summed E-state index contributed by atoms with van der Waals surface area (Å²) in [7, 11) is 1.51. The number of nitrogens with one attached hydrogen (secondary N) is 1. The molecule has 2 N–H and O–H groups in total. The van der Waals surface area contributed by atoms with Crippen molar-refractivity contribution in [2.45, 2.75) is 44.2 Å². The first-order valence-corrected chi connectivity index (χ1v) is 11.3. The van der Waals surface area contributed by atoms with Crippen molar-refractivity contribution in [1.82, 2.24) is 24.8 Å². The van der Waals surface area contributed by atoms with Gasteiger partial charge in [-0.05, 0) is 18.9 Å². The first kappa shape index (κ1) is 22.5. The number of methoxy groups -OCH3 is 1. The maximum atomic E-state index is 12.4. The summed E-state index contributed by atoms with van der Waals surface area (Å²) >= 11 is 0. The molecule has 5 rings (SSSR count).